The van der Waals surface area contributed by atoms with Crippen molar-refractivity contribution in [3.8, 4) is 0 Å². The summed E-state index contributed by atoms with van der Waals surface area (Å²) in [6.07, 6.45) is 3.76. The third kappa shape index (κ3) is 9.16. The Kier molecular flexibility index (Phi) is 12.8. The molecule has 1 aliphatic carbocycles. The van der Waals surface area contributed by atoms with E-state index in [4.69, 9.17) is 22.0 Å². The molecule has 33 heavy (non-hydrogen) atoms. The van der Waals surface area contributed by atoms with Crippen molar-refractivity contribution >= 4 is 22.7 Å². The molecule has 1 heterocycles. The zero-order chi connectivity index (χ0) is 23.7. The number of hydrogen-bond acceptors (Lipinski definition) is 5. The molecule has 0 aliphatic heterocycles. The predicted octanol–water partition coefficient (Wildman–Crippen LogP) is 3.99. The van der Waals surface area contributed by atoms with Gasteiger partial charge in [0.1, 0.15) is 5.82 Å². The van der Waals surface area contributed by atoms with E-state index in [1.165, 1.54) is 18.4 Å². The third-order valence-corrected chi connectivity index (χ3v) is 5.64. The maximum atomic E-state index is 7.88. The summed E-state index contributed by atoms with van der Waals surface area (Å²) in [6, 6.07) is 8.58. The molecule has 0 unspecified atom stereocenters. The summed E-state index contributed by atoms with van der Waals surface area (Å²) in [5.41, 5.74) is 11.8. The second kappa shape index (κ2) is 14.5. The van der Waals surface area contributed by atoms with E-state index in [1.807, 2.05) is 11.8 Å². The van der Waals surface area contributed by atoms with Crippen LogP contribution >= 0.6 is 0 Å². The number of benzene rings is 1. The number of nitrogens with two attached hydrogens (primary N) is 2. The van der Waals surface area contributed by atoms with Crippen molar-refractivity contribution in [1.29, 1.82) is 5.41 Å². The molecule has 1 aromatic carbocycles. The number of aromatic nitrogens is 1. The molecule has 1 radical (unpaired) electrons. The van der Waals surface area contributed by atoms with Crippen molar-refractivity contribution in [3.05, 3.63) is 35.4 Å². The first-order valence-corrected chi connectivity index (χ1v) is 12.0. The molecule has 6 N–H and O–H groups in total. The van der Waals surface area contributed by atoms with E-state index in [-0.39, 0.29) is 24.5 Å². The van der Waals surface area contributed by atoms with Gasteiger partial charge in [-0.15, -0.1) is 0 Å². The van der Waals surface area contributed by atoms with Crippen LogP contribution in [0.15, 0.2) is 24.3 Å². The van der Waals surface area contributed by atoms with Crippen LogP contribution in [0.4, 0.5) is 5.82 Å². The van der Waals surface area contributed by atoms with Crippen LogP contribution in [0.25, 0.3) is 10.9 Å². The van der Waals surface area contributed by atoms with Gasteiger partial charge in [-0.25, -0.2) is 4.98 Å². The number of hydrazine groups is 1. The molecule has 183 valence electrons. The van der Waals surface area contributed by atoms with Gasteiger partial charge in [-0.3, -0.25) is 16.7 Å². The minimum absolute atomic E-state index is 0. The summed E-state index contributed by atoms with van der Waals surface area (Å²) in [4.78, 5) is 9.51. The van der Waals surface area contributed by atoms with Gasteiger partial charge in [0, 0.05) is 62.2 Å². The summed E-state index contributed by atoms with van der Waals surface area (Å²) in [6.45, 7) is 15.1. The van der Waals surface area contributed by atoms with E-state index in [0.29, 0.717) is 19.0 Å². The van der Waals surface area contributed by atoms with Crippen LogP contribution in [0.2, 0.25) is 0 Å². The number of pyridine rings is 1. The Labute approximate surface area is 212 Å². The molecule has 1 aliphatic rings. The monoisotopic (exact) mass is 492 g/mol. The molecule has 1 fully saturated rings. The molecule has 0 spiro atoms. The molecule has 1 aromatic heterocycles. The second-order valence-electron chi connectivity index (χ2n) is 9.21. The zero-order valence-corrected chi connectivity index (χ0v) is 22.5. The number of aryl methyl sites for hydroxylation is 1. The Morgan fingerprint density at radius 1 is 1.27 bits per heavy atom. The Bertz CT molecular complexity index is 861. The quantitative estimate of drug-likeness (QED) is 0.173. The molecule has 7 nitrogen and oxygen atoms in total. The zero-order valence-electron chi connectivity index (χ0n) is 21.1. The molecule has 1 saturated carbocycles. The van der Waals surface area contributed by atoms with Gasteiger partial charge in [-0.05, 0) is 56.6 Å². The fourth-order valence-corrected chi connectivity index (χ4v) is 3.79. The average molecular weight is 493 g/mol. The van der Waals surface area contributed by atoms with E-state index >= 15 is 0 Å². The molecule has 0 amide bonds. The van der Waals surface area contributed by atoms with Crippen molar-refractivity contribution in [3.63, 3.8) is 0 Å². The molecular formula is C25H43N7V. The molecule has 8 heteroatoms. The van der Waals surface area contributed by atoms with Gasteiger partial charge in [-0.2, -0.15) is 0 Å². The van der Waals surface area contributed by atoms with Crippen LogP contribution in [0.5, 0.6) is 0 Å². The normalized spacial score (nSPS) is 12.7. The van der Waals surface area contributed by atoms with Crippen molar-refractivity contribution < 1.29 is 18.6 Å². The SMILES string of the molecule is CCCNN.CCN(Cc1cc2cccc(C)c2nc1N(CC(C)C)CC1CC1)C(=N)N.[V]. The van der Waals surface area contributed by atoms with E-state index < -0.39 is 0 Å². The molecule has 0 saturated heterocycles. The number of rotatable bonds is 10. The van der Waals surface area contributed by atoms with E-state index in [1.54, 1.807) is 0 Å². The van der Waals surface area contributed by atoms with Gasteiger partial charge in [-0.1, -0.05) is 39.0 Å². The topological polar surface area (TPSA) is 107 Å². The Morgan fingerprint density at radius 3 is 2.45 bits per heavy atom. The van der Waals surface area contributed by atoms with Crippen LogP contribution in [0.1, 0.15) is 58.1 Å². The van der Waals surface area contributed by atoms with Gasteiger partial charge >= 0.3 is 0 Å². The smallest absolute Gasteiger partial charge is 0.188 e. The number of nitrogens with zero attached hydrogens (tertiary/aromatic N) is 3. The predicted molar refractivity (Wildman–Crippen MR) is 137 cm³/mol. The van der Waals surface area contributed by atoms with E-state index in [2.05, 4.69) is 62.3 Å². The maximum Gasteiger partial charge on any atom is 0.188 e. The Hall–Kier alpha value is -1.80. The first-order valence-electron chi connectivity index (χ1n) is 12.0. The Morgan fingerprint density at radius 2 is 1.97 bits per heavy atom. The number of guanidine groups is 1. The third-order valence-electron chi connectivity index (χ3n) is 5.64. The number of fused-ring (bicyclic) bond motifs is 1. The molecular weight excluding hydrogens is 449 g/mol. The standard InChI is InChI=1S/C22H33N5.C3H10N2.V/c1-5-26(22(23)24)14-19-11-18-8-6-7-16(4)20(18)25-21(19)27(12-15(2)3)13-17-9-10-17;1-2-3-5-4;/h6-8,11,15,17H,5,9-10,12-14H2,1-4H3,(H3,23,24);5H,2-4H2,1H3;. The second-order valence-corrected chi connectivity index (χ2v) is 9.21. The van der Waals surface area contributed by atoms with Gasteiger partial charge in [0.25, 0.3) is 0 Å². The van der Waals surface area contributed by atoms with Gasteiger partial charge < -0.3 is 15.5 Å². The van der Waals surface area contributed by atoms with Crippen molar-refractivity contribution in [2.45, 2.75) is 60.4 Å². The molecule has 3 rings (SSSR count). The van der Waals surface area contributed by atoms with Crippen LogP contribution < -0.4 is 21.9 Å². The van der Waals surface area contributed by atoms with E-state index in [0.717, 1.165) is 54.3 Å². The van der Waals surface area contributed by atoms with Gasteiger partial charge in [0.05, 0.1) is 5.52 Å². The maximum absolute atomic E-state index is 7.88. The summed E-state index contributed by atoms with van der Waals surface area (Å²) in [5.74, 6) is 7.43. The van der Waals surface area contributed by atoms with Gasteiger partial charge in [0.15, 0.2) is 5.96 Å². The fourth-order valence-electron chi connectivity index (χ4n) is 3.79. The minimum Gasteiger partial charge on any atom is -0.370 e. The van der Waals surface area contributed by atoms with Crippen molar-refractivity contribution in [2.24, 2.45) is 23.4 Å². The van der Waals surface area contributed by atoms with Crippen LogP contribution in [-0.4, -0.2) is 42.0 Å². The minimum atomic E-state index is 0. The molecule has 0 atom stereocenters. The van der Waals surface area contributed by atoms with Crippen molar-refractivity contribution in [2.75, 3.05) is 31.1 Å². The fraction of sp³-hybridized carbons (Fsp3) is 0.600. The number of hydrogen-bond donors (Lipinski definition) is 4. The summed E-state index contributed by atoms with van der Waals surface area (Å²) >= 11 is 0. The van der Waals surface area contributed by atoms with E-state index in [9.17, 15) is 0 Å². The average Bonchev–Trinajstić information content (AvgIpc) is 3.56. The van der Waals surface area contributed by atoms with Crippen LogP contribution in [0.3, 0.4) is 0 Å². The molecule has 2 aromatic rings. The van der Waals surface area contributed by atoms with Crippen LogP contribution in [0, 0.1) is 24.2 Å². The number of anilines is 1. The first kappa shape index (κ1) is 29.2. The summed E-state index contributed by atoms with van der Waals surface area (Å²) in [5, 5.41) is 9.04. The van der Waals surface area contributed by atoms with Gasteiger partial charge in [0.2, 0.25) is 0 Å². The van der Waals surface area contributed by atoms with Crippen molar-refractivity contribution in [1.82, 2.24) is 15.3 Å². The summed E-state index contributed by atoms with van der Waals surface area (Å²) in [7, 11) is 0. The Balaban J connectivity index is 0.000000821. The first-order chi connectivity index (χ1) is 15.3. The largest absolute Gasteiger partial charge is 0.370 e. The number of para-hydroxylation sites is 1. The number of nitrogens with one attached hydrogen (secondary N) is 2. The van der Waals surface area contributed by atoms with Crippen LogP contribution in [-0.2, 0) is 25.1 Å². The summed E-state index contributed by atoms with van der Waals surface area (Å²) < 4.78 is 0. The molecule has 0 bridgehead atoms.